The molecule has 0 spiro atoms. The Hall–Kier alpha value is -4.04. The highest BCUT2D eigenvalue weighted by molar-refractivity contribution is 7.99. The smallest absolute Gasteiger partial charge is 0.255 e. The number of thioether (sulfide) groups is 1. The molecule has 12 nitrogen and oxygen atoms in total. The second-order valence-electron chi connectivity index (χ2n) is 9.52. The largest absolute Gasteiger partial charge is 0.387 e. The van der Waals surface area contributed by atoms with Crippen molar-refractivity contribution in [3.63, 3.8) is 0 Å². The number of hydrogen-bond donors (Lipinski definition) is 5. The van der Waals surface area contributed by atoms with Crippen molar-refractivity contribution in [2.45, 2.75) is 38.0 Å². The van der Waals surface area contributed by atoms with Gasteiger partial charge in [0.1, 0.15) is 18.5 Å². The molecule has 4 atom stereocenters. The van der Waals surface area contributed by atoms with Crippen LogP contribution >= 0.6 is 11.8 Å². The third kappa shape index (κ3) is 6.82. The third-order valence-corrected chi connectivity index (χ3v) is 7.64. The number of aliphatic hydroxyl groups excluding tert-OH is 2. The van der Waals surface area contributed by atoms with E-state index in [-0.39, 0.29) is 11.8 Å². The maximum Gasteiger partial charge on any atom is 0.255 e. The minimum Gasteiger partial charge on any atom is -0.387 e. The van der Waals surface area contributed by atoms with Gasteiger partial charge in [0.15, 0.2) is 23.2 Å². The molecule has 0 bridgehead atoms. The molecule has 0 saturated carbocycles. The molecule has 2 aromatic carbocycles. The number of para-hydroxylation sites is 1. The molecule has 5 rings (SSSR count). The molecule has 214 valence electrons. The van der Waals surface area contributed by atoms with Crippen LogP contribution in [0.25, 0.3) is 11.2 Å². The molecule has 13 heteroatoms. The van der Waals surface area contributed by atoms with Gasteiger partial charge in [0.05, 0.1) is 12.4 Å². The van der Waals surface area contributed by atoms with Crippen LogP contribution in [0.3, 0.4) is 0 Å². The summed E-state index contributed by atoms with van der Waals surface area (Å²) in [5.74, 6) is 1.33. The first-order chi connectivity index (χ1) is 19.9. The fraction of sp³-hybridized carbons (Fsp3) is 0.321. The number of aromatic nitrogens is 4. The highest BCUT2D eigenvalue weighted by Gasteiger charge is 2.44. The number of nitrogens with one attached hydrogen (secondary N) is 3. The summed E-state index contributed by atoms with van der Waals surface area (Å²) in [6.45, 7) is 2.40. The van der Waals surface area contributed by atoms with Crippen molar-refractivity contribution in [2.24, 2.45) is 0 Å². The molecule has 0 aliphatic carbocycles. The lowest BCUT2D eigenvalue weighted by Crippen LogP contribution is -2.33. The third-order valence-electron chi connectivity index (χ3n) is 6.58. The van der Waals surface area contributed by atoms with Gasteiger partial charge in [0, 0.05) is 42.8 Å². The van der Waals surface area contributed by atoms with Crippen molar-refractivity contribution in [1.29, 1.82) is 0 Å². The Morgan fingerprint density at radius 3 is 2.56 bits per heavy atom. The van der Waals surface area contributed by atoms with Gasteiger partial charge in [0.25, 0.3) is 5.91 Å². The van der Waals surface area contributed by atoms with E-state index in [0.717, 1.165) is 11.3 Å². The van der Waals surface area contributed by atoms with Crippen LogP contribution in [0.15, 0.2) is 67.3 Å². The van der Waals surface area contributed by atoms with Crippen molar-refractivity contribution in [1.82, 2.24) is 24.8 Å². The maximum absolute atomic E-state index is 12.5. The van der Waals surface area contributed by atoms with E-state index >= 15 is 0 Å². The summed E-state index contributed by atoms with van der Waals surface area (Å²) in [4.78, 5) is 36.6. The quantitative estimate of drug-likeness (QED) is 0.167. The van der Waals surface area contributed by atoms with Crippen molar-refractivity contribution >= 4 is 46.2 Å². The Bertz CT molecular complexity index is 1480. The molecule has 0 radical (unpaired) electrons. The van der Waals surface area contributed by atoms with Gasteiger partial charge in [-0.2, -0.15) is 11.8 Å². The van der Waals surface area contributed by atoms with E-state index in [9.17, 15) is 19.8 Å². The SMILES string of the molecule is CC(=O)NCCSC[C@H]1O[C@@H](n2cnc3c(NCc4ccc(C(=O)Nc5ccccc5)cc4)ncnc32)[C@H](O)[C@@H]1O. The molecule has 1 aliphatic rings. The van der Waals surface area contributed by atoms with Crippen LogP contribution in [-0.2, 0) is 16.1 Å². The highest BCUT2D eigenvalue weighted by Crippen LogP contribution is 2.33. The summed E-state index contributed by atoms with van der Waals surface area (Å²) < 4.78 is 7.60. The number of carbonyl (C=O) groups is 2. The molecule has 1 fully saturated rings. The topological polar surface area (TPSA) is 164 Å². The lowest BCUT2D eigenvalue weighted by atomic mass is 10.1. The van der Waals surface area contributed by atoms with Crippen LogP contribution in [0, 0.1) is 0 Å². The Labute approximate surface area is 240 Å². The van der Waals surface area contributed by atoms with Gasteiger partial charge < -0.3 is 30.9 Å². The summed E-state index contributed by atoms with van der Waals surface area (Å²) in [6, 6.07) is 16.5. The van der Waals surface area contributed by atoms with Crippen molar-refractivity contribution in [3.05, 3.63) is 78.4 Å². The van der Waals surface area contributed by atoms with Gasteiger partial charge in [-0.25, -0.2) is 15.0 Å². The number of hydrogen-bond acceptors (Lipinski definition) is 10. The van der Waals surface area contributed by atoms with E-state index in [0.29, 0.717) is 47.1 Å². The van der Waals surface area contributed by atoms with Crippen molar-refractivity contribution < 1.29 is 24.5 Å². The van der Waals surface area contributed by atoms with E-state index in [1.807, 2.05) is 42.5 Å². The second kappa shape index (κ2) is 13.1. The fourth-order valence-corrected chi connectivity index (χ4v) is 5.37. The molecule has 2 aromatic heterocycles. The lowest BCUT2D eigenvalue weighted by molar-refractivity contribution is -0.118. The van der Waals surface area contributed by atoms with Gasteiger partial charge in [0.2, 0.25) is 5.91 Å². The van der Waals surface area contributed by atoms with Crippen molar-refractivity contribution in [2.75, 3.05) is 28.7 Å². The van der Waals surface area contributed by atoms with E-state index < -0.39 is 24.5 Å². The number of fused-ring (bicyclic) bond motifs is 1. The molecule has 41 heavy (non-hydrogen) atoms. The molecular formula is C28H31N7O5S. The number of aliphatic hydroxyl groups is 2. The lowest BCUT2D eigenvalue weighted by Gasteiger charge is -2.16. The second-order valence-corrected chi connectivity index (χ2v) is 10.7. The summed E-state index contributed by atoms with van der Waals surface area (Å²) in [7, 11) is 0. The van der Waals surface area contributed by atoms with Crippen LogP contribution in [0.1, 0.15) is 29.1 Å². The van der Waals surface area contributed by atoms with Gasteiger partial charge in [-0.05, 0) is 29.8 Å². The number of rotatable bonds is 11. The Morgan fingerprint density at radius 2 is 1.80 bits per heavy atom. The molecule has 3 heterocycles. The number of benzene rings is 2. The van der Waals surface area contributed by atoms with E-state index in [1.165, 1.54) is 31.3 Å². The fourth-order valence-electron chi connectivity index (χ4n) is 4.45. The summed E-state index contributed by atoms with van der Waals surface area (Å²) in [5, 5.41) is 30.1. The highest BCUT2D eigenvalue weighted by atomic mass is 32.2. The number of anilines is 2. The summed E-state index contributed by atoms with van der Waals surface area (Å²) in [6.07, 6.45) is -0.801. The van der Waals surface area contributed by atoms with E-state index in [2.05, 4.69) is 30.9 Å². The van der Waals surface area contributed by atoms with Gasteiger partial charge in [-0.15, -0.1) is 0 Å². The molecule has 4 aromatic rings. The molecule has 1 aliphatic heterocycles. The van der Waals surface area contributed by atoms with Gasteiger partial charge >= 0.3 is 0 Å². The standard InChI is InChI=1S/C28H31N7O5S/c1-17(36)29-11-12-41-14-21-23(37)24(38)28(40-21)35-16-33-22-25(31-15-32-26(22)35)30-13-18-7-9-19(10-8-18)27(39)34-20-5-3-2-4-6-20/h2-10,15-16,21,23-24,28,37-38H,11-14H2,1H3,(H,29,36)(H,34,39)(H,30,31,32)/t21-,23-,24-,28-/m1/s1. The predicted octanol–water partition coefficient (Wildman–Crippen LogP) is 2.18. The van der Waals surface area contributed by atoms with Crippen LogP contribution in [0.5, 0.6) is 0 Å². The zero-order chi connectivity index (χ0) is 28.8. The molecule has 1 saturated heterocycles. The van der Waals surface area contributed by atoms with E-state index in [1.54, 1.807) is 16.7 Å². The molecular weight excluding hydrogens is 546 g/mol. The van der Waals surface area contributed by atoms with Crippen LogP contribution in [-0.4, -0.2) is 77.9 Å². The number of imidazole rings is 1. The van der Waals surface area contributed by atoms with Crippen LogP contribution < -0.4 is 16.0 Å². The van der Waals surface area contributed by atoms with Crippen molar-refractivity contribution in [3.8, 4) is 0 Å². The zero-order valence-electron chi connectivity index (χ0n) is 22.3. The van der Waals surface area contributed by atoms with Crippen LogP contribution in [0.4, 0.5) is 11.5 Å². The first kappa shape index (κ1) is 28.5. The monoisotopic (exact) mass is 577 g/mol. The average Bonchev–Trinajstić information content (AvgIpc) is 3.53. The first-order valence-corrected chi connectivity index (χ1v) is 14.3. The number of amides is 2. The zero-order valence-corrected chi connectivity index (χ0v) is 23.1. The maximum atomic E-state index is 12.5. The first-order valence-electron chi connectivity index (χ1n) is 13.1. The molecule has 2 amide bonds. The number of ether oxygens (including phenoxy) is 1. The predicted molar refractivity (Wildman–Crippen MR) is 155 cm³/mol. The minimum absolute atomic E-state index is 0.0949. The Balaban J connectivity index is 1.20. The number of carbonyl (C=O) groups excluding carboxylic acids is 2. The summed E-state index contributed by atoms with van der Waals surface area (Å²) in [5.41, 5.74) is 3.15. The Morgan fingerprint density at radius 1 is 1.02 bits per heavy atom. The molecule has 0 unspecified atom stereocenters. The Kier molecular flexibility index (Phi) is 9.09. The average molecular weight is 578 g/mol. The summed E-state index contributed by atoms with van der Waals surface area (Å²) >= 11 is 1.52. The van der Waals surface area contributed by atoms with E-state index in [4.69, 9.17) is 4.74 Å². The number of nitrogens with zero attached hydrogens (tertiary/aromatic N) is 4. The normalized spacial score (nSPS) is 20.2. The molecule has 5 N–H and O–H groups in total. The van der Waals surface area contributed by atoms with Gasteiger partial charge in [-0.3, -0.25) is 14.2 Å². The van der Waals surface area contributed by atoms with Crippen LogP contribution in [0.2, 0.25) is 0 Å². The minimum atomic E-state index is -1.17. The van der Waals surface area contributed by atoms with Gasteiger partial charge in [-0.1, -0.05) is 30.3 Å².